The highest BCUT2D eigenvalue weighted by Gasteiger charge is 2.25. The average molecular weight is 384 g/mol. The van der Waals surface area contributed by atoms with Gasteiger partial charge in [-0.1, -0.05) is 6.07 Å². The van der Waals surface area contributed by atoms with Crippen LogP contribution < -0.4 is 5.32 Å². The van der Waals surface area contributed by atoms with Crippen LogP contribution in [0, 0.1) is 13.8 Å². The second-order valence-corrected chi connectivity index (χ2v) is 7.11. The van der Waals surface area contributed by atoms with E-state index in [0.29, 0.717) is 31.5 Å². The van der Waals surface area contributed by atoms with Crippen LogP contribution in [0.15, 0.2) is 30.6 Å². The maximum Gasteiger partial charge on any atom is 0.338 e. The molecule has 2 aromatic rings. The quantitative estimate of drug-likeness (QED) is 0.818. The molecular formula is C20H24N4O4. The Labute approximate surface area is 163 Å². The van der Waals surface area contributed by atoms with Crippen molar-refractivity contribution in [3.63, 3.8) is 0 Å². The molecule has 0 aliphatic carbocycles. The molecule has 1 aromatic carbocycles. The van der Waals surface area contributed by atoms with Crippen LogP contribution in [0.25, 0.3) is 0 Å². The molecule has 1 fully saturated rings. The molecule has 0 radical (unpaired) electrons. The first-order valence-electron chi connectivity index (χ1n) is 9.26. The summed E-state index contributed by atoms with van der Waals surface area (Å²) in [5, 5.41) is 15.8. The fourth-order valence-electron chi connectivity index (χ4n) is 3.28. The summed E-state index contributed by atoms with van der Waals surface area (Å²) in [5.41, 5.74) is 2.85. The van der Waals surface area contributed by atoms with Gasteiger partial charge in [-0.3, -0.25) is 14.3 Å². The number of rotatable bonds is 5. The minimum absolute atomic E-state index is 0.0403. The van der Waals surface area contributed by atoms with Gasteiger partial charge in [0.1, 0.15) is 0 Å². The van der Waals surface area contributed by atoms with E-state index >= 15 is 0 Å². The Hall–Kier alpha value is -3.16. The lowest BCUT2D eigenvalue weighted by atomic mass is 10.0. The van der Waals surface area contributed by atoms with Crippen LogP contribution in [0.3, 0.4) is 0 Å². The summed E-state index contributed by atoms with van der Waals surface area (Å²) in [6.07, 6.45) is 4.24. The number of aryl methyl sites for hydroxylation is 2. The van der Waals surface area contributed by atoms with Gasteiger partial charge >= 0.3 is 5.97 Å². The fraction of sp³-hybridized carbons (Fsp3) is 0.400. The van der Waals surface area contributed by atoms with Gasteiger partial charge in [-0.05, 0) is 49.9 Å². The molecule has 0 saturated carbocycles. The molecule has 1 aliphatic rings. The largest absolute Gasteiger partial charge is 0.478 e. The molecule has 3 rings (SSSR count). The highest BCUT2D eigenvalue weighted by molar-refractivity contribution is 5.96. The van der Waals surface area contributed by atoms with E-state index in [0.717, 1.165) is 11.1 Å². The van der Waals surface area contributed by atoms with Crippen LogP contribution in [0.5, 0.6) is 0 Å². The third-order valence-corrected chi connectivity index (χ3v) is 5.21. The number of benzene rings is 1. The number of aromatic nitrogens is 2. The van der Waals surface area contributed by atoms with Crippen molar-refractivity contribution in [1.29, 1.82) is 0 Å². The Bertz CT molecular complexity index is 897. The second-order valence-electron chi connectivity index (χ2n) is 7.11. The van der Waals surface area contributed by atoms with Crippen molar-refractivity contribution in [2.45, 2.75) is 32.7 Å². The van der Waals surface area contributed by atoms with E-state index in [9.17, 15) is 14.4 Å². The monoisotopic (exact) mass is 384 g/mol. The Kier molecular flexibility index (Phi) is 5.77. The van der Waals surface area contributed by atoms with Crippen molar-refractivity contribution < 1.29 is 19.5 Å². The number of aromatic carboxylic acids is 1. The van der Waals surface area contributed by atoms with Crippen molar-refractivity contribution in [2.75, 3.05) is 19.6 Å². The van der Waals surface area contributed by atoms with Crippen LogP contribution in [-0.2, 0) is 4.79 Å². The standard InChI is InChI=1S/C20H24N4O4/c1-13-3-4-15(9-14(13)2)19(26)21-11-18(25)23-7-5-17(6-8-23)24-12-16(10-22-24)20(27)28/h3-4,9-10,12,17H,5-8,11H2,1-2H3,(H,21,26)(H,27,28). The molecule has 28 heavy (non-hydrogen) atoms. The molecule has 1 aromatic heterocycles. The molecule has 1 aliphatic heterocycles. The molecule has 2 N–H and O–H groups in total. The number of likely N-dealkylation sites (tertiary alicyclic amines) is 1. The number of piperidine rings is 1. The van der Waals surface area contributed by atoms with Crippen LogP contribution in [0.1, 0.15) is 50.7 Å². The summed E-state index contributed by atoms with van der Waals surface area (Å²) >= 11 is 0. The van der Waals surface area contributed by atoms with E-state index in [1.54, 1.807) is 15.6 Å². The highest BCUT2D eigenvalue weighted by atomic mass is 16.4. The van der Waals surface area contributed by atoms with E-state index in [1.807, 2.05) is 26.0 Å². The van der Waals surface area contributed by atoms with Gasteiger partial charge in [-0.2, -0.15) is 5.10 Å². The number of nitrogens with zero attached hydrogens (tertiary/aromatic N) is 3. The van der Waals surface area contributed by atoms with Gasteiger partial charge in [0.2, 0.25) is 5.91 Å². The molecule has 0 bridgehead atoms. The van der Waals surface area contributed by atoms with Gasteiger partial charge in [-0.25, -0.2) is 4.79 Å². The van der Waals surface area contributed by atoms with Gasteiger partial charge in [0.15, 0.2) is 0 Å². The molecule has 1 saturated heterocycles. The maximum atomic E-state index is 12.4. The predicted molar refractivity (Wildman–Crippen MR) is 102 cm³/mol. The summed E-state index contributed by atoms with van der Waals surface area (Å²) in [7, 11) is 0. The van der Waals surface area contributed by atoms with Gasteiger partial charge in [0.25, 0.3) is 5.91 Å². The summed E-state index contributed by atoms with van der Waals surface area (Å²) < 4.78 is 1.66. The van der Waals surface area contributed by atoms with E-state index < -0.39 is 5.97 Å². The molecular weight excluding hydrogens is 360 g/mol. The van der Waals surface area contributed by atoms with Gasteiger partial charge in [-0.15, -0.1) is 0 Å². The molecule has 8 heteroatoms. The number of carbonyl (C=O) groups is 3. The maximum absolute atomic E-state index is 12.4. The summed E-state index contributed by atoms with van der Waals surface area (Å²) in [5.74, 6) is -1.38. The van der Waals surface area contributed by atoms with Crippen molar-refractivity contribution in [3.8, 4) is 0 Å². The minimum Gasteiger partial charge on any atom is -0.478 e. The third kappa shape index (κ3) is 4.39. The van der Waals surface area contributed by atoms with E-state index in [-0.39, 0.29) is 30.0 Å². The number of nitrogens with one attached hydrogen (secondary N) is 1. The third-order valence-electron chi connectivity index (χ3n) is 5.21. The number of carboxylic acid groups (broad SMARTS) is 1. The normalized spacial score (nSPS) is 14.7. The predicted octanol–water partition coefficient (Wildman–Crippen LogP) is 1.79. The lowest BCUT2D eigenvalue weighted by Crippen LogP contribution is -2.44. The lowest BCUT2D eigenvalue weighted by molar-refractivity contribution is -0.131. The van der Waals surface area contributed by atoms with Crippen molar-refractivity contribution in [1.82, 2.24) is 20.0 Å². The van der Waals surface area contributed by atoms with Crippen LogP contribution in [-0.4, -0.2) is 57.2 Å². The second kappa shape index (κ2) is 8.24. The topological polar surface area (TPSA) is 105 Å². The average Bonchev–Trinajstić information content (AvgIpc) is 3.18. The lowest BCUT2D eigenvalue weighted by Gasteiger charge is -2.32. The first-order chi connectivity index (χ1) is 13.3. The van der Waals surface area contributed by atoms with Crippen molar-refractivity contribution >= 4 is 17.8 Å². The van der Waals surface area contributed by atoms with E-state index in [2.05, 4.69) is 10.4 Å². The first-order valence-corrected chi connectivity index (χ1v) is 9.26. The number of hydrogen-bond donors (Lipinski definition) is 2. The summed E-state index contributed by atoms with van der Waals surface area (Å²) in [6, 6.07) is 5.53. The zero-order chi connectivity index (χ0) is 20.3. The van der Waals surface area contributed by atoms with E-state index in [1.165, 1.54) is 12.4 Å². The number of carbonyl (C=O) groups excluding carboxylic acids is 2. The Morgan fingerprint density at radius 1 is 1.14 bits per heavy atom. The first kappa shape index (κ1) is 19.6. The zero-order valence-corrected chi connectivity index (χ0v) is 16.0. The molecule has 0 spiro atoms. The van der Waals surface area contributed by atoms with Crippen molar-refractivity contribution in [3.05, 3.63) is 52.8 Å². The molecule has 148 valence electrons. The highest BCUT2D eigenvalue weighted by Crippen LogP contribution is 2.22. The van der Waals surface area contributed by atoms with Gasteiger partial charge in [0, 0.05) is 24.8 Å². The molecule has 0 unspecified atom stereocenters. The summed E-state index contributed by atoms with van der Waals surface area (Å²) in [4.78, 5) is 37.3. The number of amides is 2. The number of hydrogen-bond acceptors (Lipinski definition) is 4. The zero-order valence-electron chi connectivity index (χ0n) is 16.0. The van der Waals surface area contributed by atoms with Crippen LogP contribution >= 0.6 is 0 Å². The van der Waals surface area contributed by atoms with Gasteiger partial charge in [0.05, 0.1) is 24.3 Å². The molecule has 2 heterocycles. The Morgan fingerprint density at radius 2 is 1.86 bits per heavy atom. The summed E-state index contributed by atoms with van der Waals surface area (Å²) in [6.45, 7) is 4.98. The van der Waals surface area contributed by atoms with Crippen LogP contribution in [0.4, 0.5) is 0 Å². The minimum atomic E-state index is -1.00. The van der Waals surface area contributed by atoms with Gasteiger partial charge < -0.3 is 15.3 Å². The fourth-order valence-corrected chi connectivity index (χ4v) is 3.28. The van der Waals surface area contributed by atoms with Crippen molar-refractivity contribution in [2.24, 2.45) is 0 Å². The van der Waals surface area contributed by atoms with Crippen LogP contribution in [0.2, 0.25) is 0 Å². The smallest absolute Gasteiger partial charge is 0.338 e. The van der Waals surface area contributed by atoms with E-state index in [4.69, 9.17) is 5.11 Å². The molecule has 2 amide bonds. The number of carboxylic acids is 1. The molecule has 0 atom stereocenters. The Morgan fingerprint density at radius 3 is 2.46 bits per heavy atom. The molecule has 8 nitrogen and oxygen atoms in total. The Balaban J connectivity index is 1.48. The SMILES string of the molecule is Cc1ccc(C(=O)NCC(=O)N2CCC(n3cc(C(=O)O)cn3)CC2)cc1C.